The summed E-state index contributed by atoms with van der Waals surface area (Å²) in [5, 5.41) is 0. The molecule has 0 spiro atoms. The molecule has 0 atom stereocenters. The van der Waals surface area contributed by atoms with Crippen LogP contribution >= 0.6 is 31.9 Å². The van der Waals surface area contributed by atoms with Gasteiger partial charge in [-0.3, -0.25) is 4.90 Å². The molecule has 0 N–H and O–H groups in total. The Labute approximate surface area is 141 Å². The molecule has 0 saturated carbocycles. The van der Waals surface area contributed by atoms with Crippen LogP contribution in [0.5, 0.6) is 0 Å². The molecule has 0 aliphatic carbocycles. The molecule has 3 rings (SSSR count). The van der Waals surface area contributed by atoms with E-state index in [4.69, 9.17) is 14.2 Å². The molecular weight excluding hydrogens is 432 g/mol. The maximum absolute atomic E-state index is 12.7. The minimum atomic E-state index is -2.66. The number of carbonyl (C=O) groups excluding carboxylic acids is 1. The number of cyclic esters (lactones) is 1. The number of amides is 1. The Morgan fingerprint density at radius 1 is 1.32 bits per heavy atom. The van der Waals surface area contributed by atoms with E-state index in [1.165, 1.54) is 0 Å². The summed E-state index contributed by atoms with van der Waals surface area (Å²) in [7, 11) is 0. The topological polar surface area (TPSA) is 48.0 Å². The van der Waals surface area contributed by atoms with E-state index < -0.39 is 25.4 Å². The van der Waals surface area contributed by atoms with Crippen molar-refractivity contribution in [3.05, 3.63) is 26.1 Å². The number of anilines is 1. The van der Waals surface area contributed by atoms with E-state index in [9.17, 15) is 13.6 Å². The molecule has 9 heteroatoms. The van der Waals surface area contributed by atoms with Crippen LogP contribution in [0.3, 0.4) is 0 Å². The Balaban J connectivity index is 2.06. The summed E-state index contributed by atoms with van der Waals surface area (Å²) in [5.74, 6) is 0. The summed E-state index contributed by atoms with van der Waals surface area (Å²) < 4.78 is 42.6. The van der Waals surface area contributed by atoms with E-state index in [0.717, 1.165) is 4.90 Å². The number of hydrogen-bond acceptors (Lipinski definition) is 4. The highest BCUT2D eigenvalue weighted by atomic mass is 79.9. The molecule has 5 nitrogen and oxygen atoms in total. The fourth-order valence-corrected chi connectivity index (χ4v) is 3.99. The number of rotatable bonds is 3. The molecule has 2 heterocycles. The number of ether oxygens (including phenoxy) is 3. The number of carbonyl (C=O) groups is 1. The van der Waals surface area contributed by atoms with Crippen LogP contribution in [0.1, 0.15) is 17.4 Å². The van der Waals surface area contributed by atoms with Gasteiger partial charge in [0.05, 0.1) is 25.4 Å². The zero-order valence-corrected chi connectivity index (χ0v) is 14.3. The van der Waals surface area contributed by atoms with Crippen molar-refractivity contribution >= 4 is 43.6 Å². The highest BCUT2D eigenvalue weighted by Crippen LogP contribution is 2.43. The van der Waals surface area contributed by atoms with Crippen molar-refractivity contribution in [1.29, 1.82) is 0 Å². The monoisotopic (exact) mass is 441 g/mol. The van der Waals surface area contributed by atoms with Crippen molar-refractivity contribution in [2.45, 2.75) is 19.3 Å². The van der Waals surface area contributed by atoms with Gasteiger partial charge in [0, 0.05) is 20.1 Å². The number of nitrogens with zero attached hydrogens (tertiary/aromatic N) is 1. The Morgan fingerprint density at radius 3 is 2.64 bits per heavy atom. The van der Waals surface area contributed by atoms with Crippen LogP contribution in [-0.4, -0.2) is 32.3 Å². The van der Waals surface area contributed by atoms with Crippen molar-refractivity contribution in [3.8, 4) is 0 Å². The third-order valence-electron chi connectivity index (χ3n) is 3.36. The second-order valence-corrected chi connectivity index (χ2v) is 6.36. The van der Waals surface area contributed by atoms with Gasteiger partial charge in [-0.25, -0.2) is 13.6 Å². The highest BCUT2D eigenvalue weighted by Gasteiger charge is 2.33. The molecule has 22 heavy (non-hydrogen) atoms. The lowest BCUT2D eigenvalue weighted by molar-refractivity contribution is -0.0452. The first-order valence-electron chi connectivity index (χ1n) is 6.45. The largest absolute Gasteiger partial charge is 0.444 e. The third-order valence-corrected chi connectivity index (χ3v) is 4.92. The number of benzene rings is 1. The zero-order valence-electron chi connectivity index (χ0n) is 11.2. The van der Waals surface area contributed by atoms with Gasteiger partial charge in [0.25, 0.3) is 6.43 Å². The summed E-state index contributed by atoms with van der Waals surface area (Å²) in [6.45, 7) is 0.238. The van der Waals surface area contributed by atoms with Gasteiger partial charge in [0.15, 0.2) is 6.29 Å². The Hall–Kier alpha value is -0.770. The van der Waals surface area contributed by atoms with Gasteiger partial charge in [-0.2, -0.15) is 0 Å². The molecule has 0 unspecified atom stereocenters. The number of hydrogen-bond donors (Lipinski definition) is 0. The van der Waals surface area contributed by atoms with E-state index >= 15 is 0 Å². The van der Waals surface area contributed by atoms with Gasteiger partial charge in [0.1, 0.15) is 6.61 Å². The van der Waals surface area contributed by atoms with Gasteiger partial charge < -0.3 is 14.2 Å². The van der Waals surface area contributed by atoms with Crippen molar-refractivity contribution in [2.75, 3.05) is 24.7 Å². The van der Waals surface area contributed by atoms with Gasteiger partial charge in [-0.05, 0) is 22.0 Å². The normalized spacial score (nSPS) is 18.8. The van der Waals surface area contributed by atoms with Crippen molar-refractivity contribution in [1.82, 2.24) is 0 Å². The minimum Gasteiger partial charge on any atom is -0.444 e. The molecule has 2 aliphatic heterocycles. The van der Waals surface area contributed by atoms with Gasteiger partial charge in [-0.15, -0.1) is 0 Å². The Bertz CT molecular complexity index is 608. The molecule has 1 saturated heterocycles. The minimum absolute atomic E-state index is 0.00148. The molecule has 1 amide bonds. The summed E-state index contributed by atoms with van der Waals surface area (Å²) in [5.41, 5.74) is 1.71. The van der Waals surface area contributed by atoms with Crippen LogP contribution in [0.25, 0.3) is 0 Å². The van der Waals surface area contributed by atoms with Gasteiger partial charge >= 0.3 is 6.09 Å². The number of fused-ring (bicyclic) bond motifs is 1. The molecular formula is C13H11Br2F2NO4. The van der Waals surface area contributed by atoms with E-state index in [1.807, 2.05) is 0 Å². The zero-order chi connectivity index (χ0) is 15.9. The number of halogens is 4. The molecule has 1 aromatic carbocycles. The smallest absolute Gasteiger partial charge is 0.414 e. The van der Waals surface area contributed by atoms with Gasteiger partial charge in [-0.1, -0.05) is 15.9 Å². The fraction of sp³-hybridized carbons (Fsp3) is 0.462. The first-order chi connectivity index (χ1) is 10.5. The summed E-state index contributed by atoms with van der Waals surface area (Å²) in [4.78, 5) is 12.7. The van der Waals surface area contributed by atoms with E-state index in [1.54, 1.807) is 6.07 Å². The van der Waals surface area contributed by atoms with E-state index in [2.05, 4.69) is 31.9 Å². The van der Waals surface area contributed by atoms with Crippen LogP contribution in [0.2, 0.25) is 0 Å². The van der Waals surface area contributed by atoms with Crippen LogP contribution < -0.4 is 4.90 Å². The van der Waals surface area contributed by atoms with E-state index in [-0.39, 0.29) is 6.61 Å². The standard InChI is InChI=1S/C13H11Br2F2NO4/c14-7-3-8-6(5-22-13(19)18(8)4-9(16)17)11(15)10(7)12-20-1-2-21-12/h3,9,12H,1-2,4-5H2. The van der Waals surface area contributed by atoms with Crippen LogP contribution in [-0.2, 0) is 20.8 Å². The lowest BCUT2D eigenvalue weighted by Gasteiger charge is -2.31. The molecule has 2 aliphatic rings. The van der Waals surface area contributed by atoms with E-state index in [0.29, 0.717) is 39.0 Å². The van der Waals surface area contributed by atoms with Crippen molar-refractivity contribution < 1.29 is 27.8 Å². The number of alkyl halides is 2. The predicted molar refractivity (Wildman–Crippen MR) is 80.0 cm³/mol. The first kappa shape index (κ1) is 16.1. The Kier molecular flexibility index (Phi) is 4.67. The average Bonchev–Trinajstić information content (AvgIpc) is 2.96. The predicted octanol–water partition coefficient (Wildman–Crippen LogP) is 3.98. The average molecular weight is 443 g/mol. The third kappa shape index (κ3) is 2.86. The SMILES string of the molecule is O=C1OCc2c(cc(Br)c(C3OCCO3)c2Br)N1CC(F)F. The molecule has 120 valence electrons. The second kappa shape index (κ2) is 6.38. The van der Waals surface area contributed by atoms with Crippen LogP contribution in [0, 0.1) is 0 Å². The summed E-state index contributed by atoms with van der Waals surface area (Å²) in [6.07, 6.45) is -3.99. The fourth-order valence-electron chi connectivity index (χ4n) is 2.41. The summed E-state index contributed by atoms with van der Waals surface area (Å²) >= 11 is 6.84. The highest BCUT2D eigenvalue weighted by molar-refractivity contribution is 9.11. The molecule has 1 fully saturated rings. The van der Waals surface area contributed by atoms with Gasteiger partial charge in [0.2, 0.25) is 0 Å². The maximum Gasteiger partial charge on any atom is 0.414 e. The molecule has 1 aromatic rings. The lowest BCUT2D eigenvalue weighted by atomic mass is 10.1. The quantitative estimate of drug-likeness (QED) is 0.710. The molecule has 0 aromatic heterocycles. The van der Waals surface area contributed by atoms with Crippen LogP contribution in [0.4, 0.5) is 19.3 Å². The second-order valence-electron chi connectivity index (χ2n) is 4.71. The van der Waals surface area contributed by atoms with Crippen molar-refractivity contribution in [2.24, 2.45) is 0 Å². The Morgan fingerprint density at radius 2 is 2.00 bits per heavy atom. The summed E-state index contributed by atoms with van der Waals surface area (Å²) in [6, 6.07) is 1.61. The molecule has 0 radical (unpaired) electrons. The lowest BCUT2D eigenvalue weighted by Crippen LogP contribution is -2.39. The van der Waals surface area contributed by atoms with Crippen LogP contribution in [0.15, 0.2) is 15.0 Å². The van der Waals surface area contributed by atoms with Crippen molar-refractivity contribution in [3.63, 3.8) is 0 Å². The molecule has 0 bridgehead atoms. The first-order valence-corrected chi connectivity index (χ1v) is 8.04. The maximum atomic E-state index is 12.7.